The van der Waals surface area contributed by atoms with Crippen LogP contribution >= 0.6 is 0 Å². The Kier molecular flexibility index (Phi) is 6.93. The maximum Gasteiger partial charge on any atom is 0.253 e. The molecule has 2 aromatic rings. The molecule has 1 aliphatic rings. The molecule has 7 heteroatoms. The lowest BCUT2D eigenvalue weighted by Gasteiger charge is -2.34. The zero-order chi connectivity index (χ0) is 21.9. The van der Waals surface area contributed by atoms with E-state index in [1.807, 2.05) is 0 Å². The fourth-order valence-electron chi connectivity index (χ4n) is 4.01. The first-order valence-corrected chi connectivity index (χ1v) is 11.7. The summed E-state index contributed by atoms with van der Waals surface area (Å²) >= 11 is 0. The van der Waals surface area contributed by atoms with Crippen LogP contribution in [0.1, 0.15) is 36.2 Å². The molecule has 1 amide bonds. The standard InChI is InChI=1S/C23H29FN2O3S/c1-17-13-18(2)16-26(15-17)30(28,29)22-6-4-5-20(14-22)23(27)25(3)12-11-19-7-9-21(24)10-8-19/h4-10,14,17-18H,11-13,15-16H2,1-3H3. The second kappa shape index (κ2) is 9.27. The van der Waals surface area contributed by atoms with E-state index in [0.717, 1.165) is 12.0 Å². The maximum atomic E-state index is 13.1. The van der Waals surface area contributed by atoms with Gasteiger partial charge in [-0.25, -0.2) is 12.8 Å². The predicted octanol–water partition coefficient (Wildman–Crippen LogP) is 3.81. The molecular weight excluding hydrogens is 403 g/mol. The van der Waals surface area contributed by atoms with Gasteiger partial charge in [-0.2, -0.15) is 4.31 Å². The van der Waals surface area contributed by atoms with Gasteiger partial charge in [0.05, 0.1) is 4.90 Å². The molecule has 2 atom stereocenters. The van der Waals surface area contributed by atoms with Crippen molar-refractivity contribution in [1.29, 1.82) is 0 Å². The van der Waals surface area contributed by atoms with E-state index in [2.05, 4.69) is 13.8 Å². The number of hydrogen-bond donors (Lipinski definition) is 0. The maximum absolute atomic E-state index is 13.1. The lowest BCUT2D eigenvalue weighted by molar-refractivity contribution is 0.0796. The van der Waals surface area contributed by atoms with E-state index in [1.54, 1.807) is 42.3 Å². The minimum atomic E-state index is -3.64. The molecule has 2 unspecified atom stereocenters. The number of benzene rings is 2. The van der Waals surface area contributed by atoms with E-state index in [1.165, 1.54) is 22.5 Å². The fourth-order valence-corrected chi connectivity index (χ4v) is 5.74. The molecule has 1 fully saturated rings. The smallest absolute Gasteiger partial charge is 0.253 e. The zero-order valence-corrected chi connectivity index (χ0v) is 18.5. The first kappa shape index (κ1) is 22.4. The Morgan fingerprint density at radius 1 is 1.10 bits per heavy atom. The molecule has 1 heterocycles. The van der Waals surface area contributed by atoms with Gasteiger partial charge in [-0.3, -0.25) is 4.79 Å². The number of hydrogen-bond acceptors (Lipinski definition) is 3. The number of halogens is 1. The van der Waals surface area contributed by atoms with Crippen molar-refractivity contribution in [2.75, 3.05) is 26.7 Å². The largest absolute Gasteiger partial charge is 0.341 e. The molecule has 30 heavy (non-hydrogen) atoms. The van der Waals surface area contributed by atoms with E-state index in [4.69, 9.17) is 0 Å². The number of likely N-dealkylation sites (N-methyl/N-ethyl adjacent to an activating group) is 1. The van der Waals surface area contributed by atoms with Crippen molar-refractivity contribution in [2.24, 2.45) is 11.8 Å². The van der Waals surface area contributed by atoms with Crippen LogP contribution in [0, 0.1) is 17.7 Å². The molecule has 0 N–H and O–H groups in total. The molecule has 0 spiro atoms. The van der Waals surface area contributed by atoms with Crippen LogP contribution in [0.5, 0.6) is 0 Å². The summed E-state index contributed by atoms with van der Waals surface area (Å²) in [6.07, 6.45) is 1.60. The van der Waals surface area contributed by atoms with Gasteiger partial charge < -0.3 is 4.90 Å². The number of sulfonamides is 1. The average molecular weight is 433 g/mol. The Labute approximate surface area is 178 Å². The Morgan fingerprint density at radius 3 is 2.37 bits per heavy atom. The van der Waals surface area contributed by atoms with Gasteiger partial charge in [0.1, 0.15) is 5.82 Å². The van der Waals surface area contributed by atoms with Crippen molar-refractivity contribution in [3.63, 3.8) is 0 Å². The van der Waals surface area contributed by atoms with E-state index < -0.39 is 10.0 Å². The number of rotatable bonds is 6. The summed E-state index contributed by atoms with van der Waals surface area (Å²) in [7, 11) is -1.96. The minimum absolute atomic E-state index is 0.154. The van der Waals surface area contributed by atoms with Crippen LogP contribution in [0.3, 0.4) is 0 Å². The Bertz CT molecular complexity index is 982. The highest BCUT2D eigenvalue weighted by Gasteiger charge is 2.32. The van der Waals surface area contributed by atoms with Crippen LogP contribution in [-0.2, 0) is 16.4 Å². The van der Waals surface area contributed by atoms with Crippen LogP contribution in [0.2, 0.25) is 0 Å². The van der Waals surface area contributed by atoms with Gasteiger partial charge in [-0.05, 0) is 60.6 Å². The highest BCUT2D eigenvalue weighted by Crippen LogP contribution is 2.27. The SMILES string of the molecule is CC1CC(C)CN(S(=O)(=O)c2cccc(C(=O)N(C)CCc3ccc(F)cc3)c2)C1. The number of carbonyl (C=O) groups excluding carboxylic acids is 1. The number of nitrogens with zero attached hydrogens (tertiary/aromatic N) is 2. The van der Waals surface area contributed by atoms with Crippen LogP contribution < -0.4 is 0 Å². The third-order valence-electron chi connectivity index (χ3n) is 5.55. The van der Waals surface area contributed by atoms with E-state index >= 15 is 0 Å². The molecule has 5 nitrogen and oxygen atoms in total. The van der Waals surface area contributed by atoms with Crippen molar-refractivity contribution in [3.8, 4) is 0 Å². The normalized spacial score (nSPS) is 20.1. The number of amides is 1. The number of carbonyl (C=O) groups is 1. The predicted molar refractivity (Wildman–Crippen MR) is 115 cm³/mol. The third-order valence-corrected chi connectivity index (χ3v) is 7.38. The molecule has 0 radical (unpaired) electrons. The van der Waals surface area contributed by atoms with Gasteiger partial charge in [0, 0.05) is 32.2 Å². The Balaban J connectivity index is 1.72. The van der Waals surface area contributed by atoms with Crippen molar-refractivity contribution in [2.45, 2.75) is 31.6 Å². The highest BCUT2D eigenvalue weighted by molar-refractivity contribution is 7.89. The minimum Gasteiger partial charge on any atom is -0.341 e. The Hall–Kier alpha value is -2.25. The summed E-state index contributed by atoms with van der Waals surface area (Å²) in [5.41, 5.74) is 1.27. The topological polar surface area (TPSA) is 57.7 Å². The summed E-state index contributed by atoms with van der Waals surface area (Å²) in [6, 6.07) is 12.5. The highest BCUT2D eigenvalue weighted by atomic mass is 32.2. The van der Waals surface area contributed by atoms with Crippen LogP contribution in [0.25, 0.3) is 0 Å². The third kappa shape index (κ3) is 5.26. The molecule has 0 aliphatic carbocycles. The number of piperidine rings is 1. The molecular formula is C23H29FN2O3S. The monoisotopic (exact) mass is 432 g/mol. The first-order valence-electron chi connectivity index (χ1n) is 10.3. The van der Waals surface area contributed by atoms with Gasteiger partial charge in [-0.1, -0.05) is 32.0 Å². The van der Waals surface area contributed by atoms with Crippen LogP contribution in [0.4, 0.5) is 4.39 Å². The second-order valence-electron chi connectivity index (χ2n) is 8.40. The van der Waals surface area contributed by atoms with Gasteiger partial charge in [0.25, 0.3) is 5.91 Å². The molecule has 0 aromatic heterocycles. The molecule has 3 rings (SSSR count). The molecule has 2 aromatic carbocycles. The zero-order valence-electron chi connectivity index (χ0n) is 17.7. The molecule has 162 valence electrons. The van der Waals surface area contributed by atoms with Gasteiger partial charge in [-0.15, -0.1) is 0 Å². The molecule has 0 bridgehead atoms. The molecule has 1 aliphatic heterocycles. The van der Waals surface area contributed by atoms with Gasteiger partial charge >= 0.3 is 0 Å². The summed E-state index contributed by atoms with van der Waals surface area (Å²) in [5, 5.41) is 0. The van der Waals surface area contributed by atoms with Crippen LogP contribution in [-0.4, -0.2) is 50.2 Å². The average Bonchev–Trinajstić information content (AvgIpc) is 2.72. The summed E-state index contributed by atoms with van der Waals surface area (Å²) < 4.78 is 40.8. The molecule has 0 saturated carbocycles. The van der Waals surface area contributed by atoms with Crippen molar-refractivity contribution in [1.82, 2.24) is 9.21 Å². The Morgan fingerprint density at radius 2 is 1.73 bits per heavy atom. The summed E-state index contributed by atoms with van der Waals surface area (Å²) in [5.74, 6) is 0.0881. The lowest BCUT2D eigenvalue weighted by Crippen LogP contribution is -2.42. The quantitative estimate of drug-likeness (QED) is 0.698. The summed E-state index contributed by atoms with van der Waals surface area (Å²) in [6.45, 7) is 5.58. The van der Waals surface area contributed by atoms with Crippen molar-refractivity contribution in [3.05, 3.63) is 65.5 Å². The van der Waals surface area contributed by atoms with E-state index in [9.17, 15) is 17.6 Å². The first-order chi connectivity index (χ1) is 14.2. The van der Waals surface area contributed by atoms with E-state index in [-0.39, 0.29) is 16.6 Å². The lowest BCUT2D eigenvalue weighted by atomic mass is 9.94. The van der Waals surface area contributed by atoms with Gasteiger partial charge in [0.15, 0.2) is 0 Å². The second-order valence-corrected chi connectivity index (χ2v) is 10.3. The van der Waals surface area contributed by atoms with Crippen molar-refractivity contribution >= 4 is 15.9 Å². The van der Waals surface area contributed by atoms with Crippen LogP contribution in [0.15, 0.2) is 53.4 Å². The van der Waals surface area contributed by atoms with Crippen molar-refractivity contribution < 1.29 is 17.6 Å². The summed E-state index contributed by atoms with van der Waals surface area (Å²) in [4.78, 5) is 14.5. The van der Waals surface area contributed by atoms with E-state index in [0.29, 0.717) is 43.5 Å². The fraction of sp³-hybridized carbons (Fsp3) is 0.435. The molecule has 1 saturated heterocycles. The van der Waals surface area contributed by atoms with Gasteiger partial charge in [0.2, 0.25) is 10.0 Å².